The van der Waals surface area contributed by atoms with Crippen molar-refractivity contribution in [3.05, 3.63) is 78.3 Å². The monoisotopic (exact) mass is 460 g/mol. The lowest BCUT2D eigenvalue weighted by atomic mass is 9.97. The smallest absolute Gasteiger partial charge is 0.237 e. The van der Waals surface area contributed by atoms with E-state index in [1.165, 1.54) is 11.8 Å². The van der Waals surface area contributed by atoms with E-state index >= 15 is 0 Å². The average Bonchev–Trinajstić information content (AvgIpc) is 3.45. The zero-order valence-electron chi connectivity index (χ0n) is 19.3. The Hall–Kier alpha value is -3.32. The maximum atomic E-state index is 13.1. The third-order valence-corrected chi connectivity index (χ3v) is 6.80. The molecule has 170 valence electrons. The van der Waals surface area contributed by atoms with Crippen LogP contribution in [0.4, 0.5) is 5.69 Å². The van der Waals surface area contributed by atoms with E-state index in [2.05, 4.69) is 35.4 Å². The SMILES string of the molecule is CCC(C)c1ccccc1NC(=O)C(C)Sc1nnc(-c2ccoc2C)n1-c1ccccc1. The Kier molecular flexibility index (Phi) is 6.99. The molecule has 33 heavy (non-hydrogen) atoms. The number of amides is 1. The number of rotatable bonds is 8. The predicted molar refractivity (Wildman–Crippen MR) is 133 cm³/mol. The zero-order valence-corrected chi connectivity index (χ0v) is 20.1. The van der Waals surface area contributed by atoms with E-state index in [1.54, 1.807) is 6.26 Å². The van der Waals surface area contributed by atoms with Gasteiger partial charge in [-0.2, -0.15) is 0 Å². The number of aromatic nitrogens is 3. The maximum absolute atomic E-state index is 13.1. The lowest BCUT2D eigenvalue weighted by molar-refractivity contribution is -0.115. The fourth-order valence-electron chi connectivity index (χ4n) is 3.65. The van der Waals surface area contributed by atoms with Crippen molar-refractivity contribution in [3.8, 4) is 17.1 Å². The number of carbonyl (C=O) groups excluding carboxylic acids is 1. The van der Waals surface area contributed by atoms with Crippen molar-refractivity contribution in [2.45, 2.75) is 50.4 Å². The highest BCUT2D eigenvalue weighted by Crippen LogP contribution is 2.33. The number of para-hydroxylation sites is 2. The number of nitrogens with zero attached hydrogens (tertiary/aromatic N) is 3. The predicted octanol–water partition coefficient (Wildman–Crippen LogP) is 6.47. The number of furan rings is 1. The van der Waals surface area contributed by atoms with Crippen LogP contribution in [0.1, 0.15) is 44.4 Å². The summed E-state index contributed by atoms with van der Waals surface area (Å²) in [6, 6.07) is 19.8. The van der Waals surface area contributed by atoms with Crippen molar-refractivity contribution in [1.29, 1.82) is 0 Å². The molecule has 0 bridgehead atoms. The van der Waals surface area contributed by atoms with Crippen LogP contribution in [0.5, 0.6) is 0 Å². The highest BCUT2D eigenvalue weighted by atomic mass is 32.2. The summed E-state index contributed by atoms with van der Waals surface area (Å²) < 4.78 is 7.46. The van der Waals surface area contributed by atoms with Gasteiger partial charge in [0.1, 0.15) is 5.76 Å². The van der Waals surface area contributed by atoms with Crippen LogP contribution in [-0.2, 0) is 4.79 Å². The molecule has 7 heteroatoms. The second-order valence-electron chi connectivity index (χ2n) is 8.01. The Balaban J connectivity index is 1.61. The van der Waals surface area contributed by atoms with Crippen LogP contribution in [0, 0.1) is 6.92 Å². The van der Waals surface area contributed by atoms with Crippen molar-refractivity contribution < 1.29 is 9.21 Å². The number of aryl methyl sites for hydroxylation is 1. The minimum Gasteiger partial charge on any atom is -0.469 e. The number of thioether (sulfide) groups is 1. The molecule has 1 amide bonds. The molecule has 6 nitrogen and oxygen atoms in total. The zero-order chi connectivity index (χ0) is 23.4. The molecule has 1 N–H and O–H groups in total. The molecule has 2 unspecified atom stereocenters. The number of anilines is 1. The van der Waals surface area contributed by atoms with E-state index in [9.17, 15) is 4.79 Å². The Labute approximate surface area is 198 Å². The van der Waals surface area contributed by atoms with Crippen LogP contribution in [0.3, 0.4) is 0 Å². The Morgan fingerprint density at radius 2 is 1.79 bits per heavy atom. The van der Waals surface area contributed by atoms with Crippen molar-refractivity contribution in [2.24, 2.45) is 0 Å². The van der Waals surface area contributed by atoms with Crippen LogP contribution >= 0.6 is 11.8 Å². The van der Waals surface area contributed by atoms with E-state index in [4.69, 9.17) is 4.42 Å². The summed E-state index contributed by atoms with van der Waals surface area (Å²) in [5, 5.41) is 12.3. The van der Waals surface area contributed by atoms with Gasteiger partial charge in [-0.05, 0) is 56.0 Å². The summed E-state index contributed by atoms with van der Waals surface area (Å²) in [5.41, 5.74) is 3.81. The van der Waals surface area contributed by atoms with Gasteiger partial charge in [-0.1, -0.05) is 62.0 Å². The summed E-state index contributed by atoms with van der Waals surface area (Å²) >= 11 is 1.38. The first-order chi connectivity index (χ1) is 16.0. The normalized spacial score (nSPS) is 13.0. The highest BCUT2D eigenvalue weighted by Gasteiger charge is 2.24. The molecule has 2 aromatic heterocycles. The van der Waals surface area contributed by atoms with Crippen molar-refractivity contribution >= 4 is 23.4 Å². The molecular formula is C26H28N4O2S. The van der Waals surface area contributed by atoms with Crippen molar-refractivity contribution in [2.75, 3.05) is 5.32 Å². The number of benzene rings is 2. The van der Waals surface area contributed by atoms with Crippen LogP contribution in [-0.4, -0.2) is 25.9 Å². The molecule has 0 saturated carbocycles. The average molecular weight is 461 g/mol. The molecular weight excluding hydrogens is 432 g/mol. The number of hydrogen-bond acceptors (Lipinski definition) is 5. The lowest BCUT2D eigenvalue weighted by Gasteiger charge is -2.18. The summed E-state index contributed by atoms with van der Waals surface area (Å²) in [7, 11) is 0. The quantitative estimate of drug-likeness (QED) is 0.305. The molecule has 4 aromatic rings. The summed E-state index contributed by atoms with van der Waals surface area (Å²) in [6.07, 6.45) is 2.65. The fraction of sp³-hybridized carbons (Fsp3) is 0.269. The van der Waals surface area contributed by atoms with Crippen molar-refractivity contribution in [1.82, 2.24) is 14.8 Å². The largest absolute Gasteiger partial charge is 0.469 e. The van der Waals surface area contributed by atoms with Gasteiger partial charge in [0, 0.05) is 11.4 Å². The number of nitrogens with one attached hydrogen (secondary N) is 1. The molecule has 4 rings (SSSR count). The summed E-state index contributed by atoms with van der Waals surface area (Å²) in [5.74, 6) is 1.75. The van der Waals surface area contributed by atoms with Gasteiger partial charge in [0.2, 0.25) is 5.91 Å². The molecule has 2 aromatic carbocycles. The van der Waals surface area contributed by atoms with Gasteiger partial charge in [0.15, 0.2) is 11.0 Å². The summed E-state index contributed by atoms with van der Waals surface area (Å²) in [6.45, 7) is 8.11. The van der Waals surface area contributed by atoms with Crippen LogP contribution in [0.15, 0.2) is 76.5 Å². The van der Waals surface area contributed by atoms with Gasteiger partial charge in [0.25, 0.3) is 0 Å². The summed E-state index contributed by atoms with van der Waals surface area (Å²) in [4.78, 5) is 13.1. The molecule has 0 spiro atoms. The van der Waals surface area contributed by atoms with E-state index in [1.807, 2.05) is 73.0 Å². The first-order valence-electron chi connectivity index (χ1n) is 11.1. The third kappa shape index (κ3) is 4.88. The fourth-order valence-corrected chi connectivity index (χ4v) is 4.52. The number of hydrogen-bond donors (Lipinski definition) is 1. The maximum Gasteiger partial charge on any atom is 0.237 e. The van der Waals surface area contributed by atoms with Crippen molar-refractivity contribution in [3.63, 3.8) is 0 Å². The molecule has 0 fully saturated rings. The van der Waals surface area contributed by atoms with E-state index in [0.29, 0.717) is 16.9 Å². The van der Waals surface area contributed by atoms with Gasteiger partial charge in [-0.25, -0.2) is 0 Å². The number of carbonyl (C=O) groups is 1. The van der Waals surface area contributed by atoms with E-state index in [-0.39, 0.29) is 11.2 Å². The van der Waals surface area contributed by atoms with E-state index in [0.717, 1.165) is 34.7 Å². The molecule has 0 aliphatic heterocycles. The second-order valence-corrected chi connectivity index (χ2v) is 9.32. The van der Waals surface area contributed by atoms with Gasteiger partial charge >= 0.3 is 0 Å². The van der Waals surface area contributed by atoms with E-state index < -0.39 is 0 Å². The molecule has 0 aliphatic rings. The van der Waals surface area contributed by atoms with Crippen LogP contribution < -0.4 is 5.32 Å². The highest BCUT2D eigenvalue weighted by molar-refractivity contribution is 8.00. The Bertz CT molecular complexity index is 1230. The van der Waals surface area contributed by atoms with Crippen LogP contribution in [0.25, 0.3) is 17.1 Å². The molecule has 0 aliphatic carbocycles. The Morgan fingerprint density at radius 1 is 1.06 bits per heavy atom. The minimum absolute atomic E-state index is 0.0700. The molecule has 2 atom stereocenters. The second kappa shape index (κ2) is 10.1. The van der Waals surface area contributed by atoms with Gasteiger partial charge < -0.3 is 9.73 Å². The van der Waals surface area contributed by atoms with Gasteiger partial charge in [0.05, 0.1) is 17.1 Å². The molecule has 0 saturated heterocycles. The van der Waals surface area contributed by atoms with Gasteiger partial charge in [-0.15, -0.1) is 10.2 Å². The first-order valence-corrected chi connectivity index (χ1v) is 12.0. The topological polar surface area (TPSA) is 73.0 Å². The minimum atomic E-state index is -0.375. The molecule has 0 radical (unpaired) electrons. The molecule has 2 heterocycles. The first kappa shape index (κ1) is 22.9. The van der Waals surface area contributed by atoms with Crippen LogP contribution in [0.2, 0.25) is 0 Å². The third-order valence-electron chi connectivity index (χ3n) is 5.76. The lowest BCUT2D eigenvalue weighted by Crippen LogP contribution is -2.23. The van der Waals surface area contributed by atoms with Gasteiger partial charge in [-0.3, -0.25) is 9.36 Å². The Morgan fingerprint density at radius 3 is 2.48 bits per heavy atom. The standard InChI is InChI=1S/C26H28N4O2S/c1-5-17(2)21-13-9-10-14-23(21)27-25(31)19(4)33-26-29-28-24(22-15-16-32-18(22)3)30(26)20-11-7-6-8-12-20/h6-17,19H,5H2,1-4H3,(H,27,31).